The Morgan fingerprint density at radius 1 is 1.14 bits per heavy atom. The summed E-state index contributed by atoms with van der Waals surface area (Å²) in [6.45, 7) is 6.32. The lowest BCUT2D eigenvalue weighted by Gasteiger charge is -2.40. The van der Waals surface area contributed by atoms with E-state index in [4.69, 9.17) is 0 Å². The molecule has 116 valence electrons. The Morgan fingerprint density at radius 2 is 1.95 bits per heavy atom. The standard InChI is InChI=1S/C17H27N3S/c1-3-16(15-18-7-1)4-2-8-19-9-11-20(12-10-19)17-5-13-21-14-6-17/h1,3,7,15,17H,2,4-6,8-14H2. The first-order valence-corrected chi connectivity index (χ1v) is 9.50. The molecule has 0 radical (unpaired) electrons. The molecule has 0 atom stereocenters. The third kappa shape index (κ3) is 4.70. The van der Waals surface area contributed by atoms with Gasteiger partial charge in [-0.05, 0) is 55.4 Å². The highest BCUT2D eigenvalue weighted by Gasteiger charge is 2.24. The van der Waals surface area contributed by atoms with Crippen LogP contribution in [0, 0.1) is 0 Å². The second kappa shape index (κ2) is 8.16. The third-order valence-electron chi connectivity index (χ3n) is 4.78. The number of thioether (sulfide) groups is 1. The van der Waals surface area contributed by atoms with Gasteiger partial charge in [0.2, 0.25) is 0 Å². The number of aryl methyl sites for hydroxylation is 1. The first-order valence-electron chi connectivity index (χ1n) is 8.35. The van der Waals surface area contributed by atoms with Gasteiger partial charge in [0.1, 0.15) is 0 Å². The van der Waals surface area contributed by atoms with Crippen LogP contribution in [0.15, 0.2) is 24.5 Å². The number of hydrogen-bond acceptors (Lipinski definition) is 4. The van der Waals surface area contributed by atoms with Gasteiger partial charge in [0.15, 0.2) is 0 Å². The second-order valence-corrected chi connectivity index (χ2v) is 7.41. The van der Waals surface area contributed by atoms with Gasteiger partial charge in [-0.15, -0.1) is 0 Å². The highest BCUT2D eigenvalue weighted by Crippen LogP contribution is 2.22. The fourth-order valence-electron chi connectivity index (χ4n) is 3.46. The molecule has 21 heavy (non-hydrogen) atoms. The van der Waals surface area contributed by atoms with Crippen molar-refractivity contribution in [2.45, 2.75) is 31.7 Å². The van der Waals surface area contributed by atoms with Crippen LogP contribution in [-0.4, -0.2) is 65.1 Å². The molecule has 2 aliphatic heterocycles. The Labute approximate surface area is 133 Å². The summed E-state index contributed by atoms with van der Waals surface area (Å²) < 4.78 is 0. The molecule has 1 aromatic heterocycles. The van der Waals surface area contributed by atoms with E-state index in [2.05, 4.69) is 32.6 Å². The quantitative estimate of drug-likeness (QED) is 0.832. The van der Waals surface area contributed by atoms with E-state index in [0.717, 1.165) is 12.5 Å². The van der Waals surface area contributed by atoms with E-state index in [0.29, 0.717) is 0 Å². The van der Waals surface area contributed by atoms with E-state index < -0.39 is 0 Å². The maximum absolute atomic E-state index is 4.19. The fraction of sp³-hybridized carbons (Fsp3) is 0.706. The van der Waals surface area contributed by atoms with Crippen LogP contribution < -0.4 is 0 Å². The molecular formula is C17H27N3S. The monoisotopic (exact) mass is 305 g/mol. The summed E-state index contributed by atoms with van der Waals surface area (Å²) in [6, 6.07) is 5.10. The molecule has 2 saturated heterocycles. The molecule has 0 aromatic carbocycles. The SMILES string of the molecule is c1cncc(CCCN2CCN(C3CCSCC3)CC2)c1. The van der Waals surface area contributed by atoms with Gasteiger partial charge in [-0.2, -0.15) is 11.8 Å². The smallest absolute Gasteiger partial charge is 0.0299 e. The zero-order chi connectivity index (χ0) is 14.3. The van der Waals surface area contributed by atoms with Crippen molar-refractivity contribution >= 4 is 11.8 Å². The van der Waals surface area contributed by atoms with E-state index in [1.165, 1.54) is 69.1 Å². The maximum Gasteiger partial charge on any atom is 0.0299 e. The molecule has 3 rings (SSSR count). The van der Waals surface area contributed by atoms with E-state index >= 15 is 0 Å². The van der Waals surface area contributed by atoms with Gasteiger partial charge < -0.3 is 4.90 Å². The van der Waals surface area contributed by atoms with Crippen LogP contribution in [0.2, 0.25) is 0 Å². The summed E-state index contributed by atoms with van der Waals surface area (Å²) in [4.78, 5) is 9.58. The number of pyridine rings is 1. The average Bonchev–Trinajstić information content (AvgIpc) is 2.57. The van der Waals surface area contributed by atoms with Crippen LogP contribution in [-0.2, 0) is 6.42 Å². The topological polar surface area (TPSA) is 19.4 Å². The van der Waals surface area contributed by atoms with Gasteiger partial charge in [0.05, 0.1) is 0 Å². The molecule has 0 amide bonds. The minimum absolute atomic E-state index is 0.879. The largest absolute Gasteiger partial charge is 0.301 e. The highest BCUT2D eigenvalue weighted by molar-refractivity contribution is 7.99. The Balaban J connectivity index is 1.34. The van der Waals surface area contributed by atoms with Gasteiger partial charge in [-0.1, -0.05) is 6.07 Å². The van der Waals surface area contributed by atoms with Crippen molar-refractivity contribution in [3.05, 3.63) is 30.1 Å². The normalized spacial score (nSPS) is 22.5. The van der Waals surface area contributed by atoms with Gasteiger partial charge in [-0.3, -0.25) is 9.88 Å². The number of hydrogen-bond donors (Lipinski definition) is 0. The minimum Gasteiger partial charge on any atom is -0.301 e. The summed E-state index contributed by atoms with van der Waals surface area (Å²) in [5.74, 6) is 2.74. The second-order valence-electron chi connectivity index (χ2n) is 6.19. The van der Waals surface area contributed by atoms with Crippen LogP contribution in [0.3, 0.4) is 0 Å². The van der Waals surface area contributed by atoms with E-state index in [1.54, 1.807) is 0 Å². The molecule has 0 bridgehead atoms. The summed E-state index contributed by atoms with van der Waals surface area (Å²) >= 11 is 2.13. The summed E-state index contributed by atoms with van der Waals surface area (Å²) in [6.07, 6.45) is 9.09. The van der Waals surface area contributed by atoms with Crippen molar-refractivity contribution in [2.24, 2.45) is 0 Å². The zero-order valence-corrected chi connectivity index (χ0v) is 13.7. The van der Waals surface area contributed by atoms with Crippen molar-refractivity contribution < 1.29 is 0 Å². The van der Waals surface area contributed by atoms with Crippen molar-refractivity contribution in [1.82, 2.24) is 14.8 Å². The van der Waals surface area contributed by atoms with Crippen molar-refractivity contribution in [2.75, 3.05) is 44.2 Å². The Bertz CT molecular complexity index is 398. The van der Waals surface area contributed by atoms with Crippen LogP contribution in [0.25, 0.3) is 0 Å². The van der Waals surface area contributed by atoms with Crippen LogP contribution in [0.4, 0.5) is 0 Å². The minimum atomic E-state index is 0.879. The Morgan fingerprint density at radius 3 is 2.67 bits per heavy atom. The third-order valence-corrected chi connectivity index (χ3v) is 5.83. The molecule has 0 N–H and O–H groups in total. The van der Waals surface area contributed by atoms with Crippen molar-refractivity contribution in [1.29, 1.82) is 0 Å². The van der Waals surface area contributed by atoms with Gasteiger partial charge >= 0.3 is 0 Å². The Hall–Kier alpha value is -0.580. The van der Waals surface area contributed by atoms with Gasteiger partial charge in [0, 0.05) is 44.6 Å². The van der Waals surface area contributed by atoms with Crippen molar-refractivity contribution in [3.8, 4) is 0 Å². The van der Waals surface area contributed by atoms with Gasteiger partial charge in [-0.25, -0.2) is 0 Å². The molecule has 4 heteroatoms. The predicted octanol–water partition coefficient (Wildman–Crippen LogP) is 2.53. The number of aromatic nitrogens is 1. The van der Waals surface area contributed by atoms with Crippen LogP contribution in [0.5, 0.6) is 0 Å². The van der Waals surface area contributed by atoms with Gasteiger partial charge in [0.25, 0.3) is 0 Å². The molecule has 0 spiro atoms. The molecule has 0 aliphatic carbocycles. The summed E-state index contributed by atoms with van der Waals surface area (Å²) in [7, 11) is 0. The Kier molecular flexibility index (Phi) is 5.95. The molecule has 3 nitrogen and oxygen atoms in total. The first-order chi connectivity index (χ1) is 10.4. The molecule has 2 aliphatic rings. The number of nitrogens with zero attached hydrogens (tertiary/aromatic N) is 3. The average molecular weight is 305 g/mol. The zero-order valence-electron chi connectivity index (χ0n) is 12.9. The summed E-state index contributed by atoms with van der Waals surface area (Å²) in [5.41, 5.74) is 1.37. The van der Waals surface area contributed by atoms with E-state index in [9.17, 15) is 0 Å². The first kappa shape index (κ1) is 15.3. The molecule has 1 aromatic rings. The van der Waals surface area contributed by atoms with Crippen molar-refractivity contribution in [3.63, 3.8) is 0 Å². The highest BCUT2D eigenvalue weighted by atomic mass is 32.2. The fourth-order valence-corrected chi connectivity index (χ4v) is 4.54. The molecular weight excluding hydrogens is 278 g/mol. The lowest BCUT2D eigenvalue weighted by molar-refractivity contribution is 0.0914. The molecule has 3 heterocycles. The maximum atomic E-state index is 4.19. The number of piperazine rings is 1. The van der Waals surface area contributed by atoms with Crippen LogP contribution in [0.1, 0.15) is 24.8 Å². The van der Waals surface area contributed by atoms with E-state index in [-0.39, 0.29) is 0 Å². The molecule has 0 saturated carbocycles. The number of rotatable bonds is 5. The van der Waals surface area contributed by atoms with Crippen LogP contribution >= 0.6 is 11.8 Å². The lowest BCUT2D eigenvalue weighted by atomic mass is 10.1. The molecule has 2 fully saturated rings. The predicted molar refractivity (Wildman–Crippen MR) is 90.9 cm³/mol. The molecule has 0 unspecified atom stereocenters. The summed E-state index contributed by atoms with van der Waals surface area (Å²) in [5, 5.41) is 0. The lowest BCUT2D eigenvalue weighted by Crippen LogP contribution is -2.51. The van der Waals surface area contributed by atoms with E-state index in [1.807, 2.05) is 18.5 Å².